The summed E-state index contributed by atoms with van der Waals surface area (Å²) in [5, 5.41) is 8.66. The Morgan fingerprint density at radius 3 is 1.56 bits per heavy atom. The van der Waals surface area contributed by atoms with Crippen LogP contribution in [0.1, 0.15) is 11.1 Å². The van der Waals surface area contributed by atoms with Crippen LogP contribution < -0.4 is 0 Å². The van der Waals surface area contributed by atoms with Gasteiger partial charge in [-0.1, -0.05) is 60.7 Å². The fourth-order valence-corrected chi connectivity index (χ4v) is 3.48. The van der Waals surface area contributed by atoms with Crippen LogP contribution in [0, 0.1) is 0 Å². The van der Waals surface area contributed by atoms with Gasteiger partial charge in [0.1, 0.15) is 0 Å². The van der Waals surface area contributed by atoms with Crippen LogP contribution >= 0.6 is 10.9 Å². The molecule has 1 N–H and O–H groups in total. The topological polar surface area (TPSA) is 37.3 Å². The van der Waals surface area contributed by atoms with Crippen molar-refractivity contribution in [2.75, 3.05) is 0 Å². The van der Waals surface area contributed by atoms with Gasteiger partial charge in [-0.3, -0.25) is 0 Å². The van der Waals surface area contributed by atoms with Crippen molar-refractivity contribution in [1.29, 1.82) is 0 Å². The van der Waals surface area contributed by atoms with E-state index in [1.165, 1.54) is 0 Å². The van der Waals surface area contributed by atoms with Gasteiger partial charge in [-0.15, -0.1) is 10.9 Å². The van der Waals surface area contributed by atoms with Crippen LogP contribution in [-0.2, 0) is 11.5 Å². The molecule has 0 unspecified atom stereocenters. The molecule has 0 atom stereocenters. The molecule has 3 heteroatoms. The molecule has 2 aromatic rings. The standard InChI is InChI=1S/C15H16O2S/c16-15(17)18(11-13-7-3-1-4-8-13)12-14-9-5-2-6-10-14/h1-10,18H,11-12H2,(H,16,17). The zero-order chi connectivity index (χ0) is 12.8. The van der Waals surface area contributed by atoms with Crippen molar-refractivity contribution in [3.8, 4) is 0 Å². The first-order valence-electron chi connectivity index (χ1n) is 5.81. The lowest BCUT2D eigenvalue weighted by atomic mass is 10.2. The quantitative estimate of drug-likeness (QED) is 0.813. The summed E-state index contributed by atoms with van der Waals surface area (Å²) < 4.78 is 0. The van der Waals surface area contributed by atoms with Gasteiger partial charge in [-0.2, -0.15) is 0 Å². The SMILES string of the molecule is O=C(O)[SH](Cc1ccccc1)Cc1ccccc1. The minimum Gasteiger partial charge on any atom is -0.474 e. The highest BCUT2D eigenvalue weighted by Crippen LogP contribution is 2.34. The lowest BCUT2D eigenvalue weighted by Gasteiger charge is -2.16. The molecular weight excluding hydrogens is 244 g/mol. The third kappa shape index (κ3) is 3.64. The van der Waals surface area contributed by atoms with Crippen LogP contribution in [0.25, 0.3) is 0 Å². The fourth-order valence-electron chi connectivity index (χ4n) is 1.80. The van der Waals surface area contributed by atoms with Crippen molar-refractivity contribution in [2.45, 2.75) is 11.5 Å². The number of hydrogen-bond acceptors (Lipinski definition) is 1. The van der Waals surface area contributed by atoms with Gasteiger partial charge in [0, 0.05) is 11.5 Å². The minimum absolute atomic E-state index is 0.639. The van der Waals surface area contributed by atoms with E-state index in [9.17, 15) is 9.90 Å². The summed E-state index contributed by atoms with van der Waals surface area (Å²) in [6.07, 6.45) is 0. The summed E-state index contributed by atoms with van der Waals surface area (Å²) in [5.74, 6) is 1.28. The van der Waals surface area contributed by atoms with Crippen molar-refractivity contribution < 1.29 is 9.90 Å². The maximum atomic E-state index is 11.3. The van der Waals surface area contributed by atoms with Crippen molar-refractivity contribution in [2.24, 2.45) is 0 Å². The summed E-state index contributed by atoms with van der Waals surface area (Å²) in [5.41, 5.74) is 2.20. The number of carboxylic acid groups (broad SMARTS) is 1. The number of benzene rings is 2. The van der Waals surface area contributed by atoms with Gasteiger partial charge < -0.3 is 5.11 Å². The summed E-state index contributed by atoms with van der Waals surface area (Å²) in [4.78, 5) is 11.3. The van der Waals surface area contributed by atoms with Gasteiger partial charge in [0.05, 0.1) is 0 Å². The Morgan fingerprint density at radius 1 is 0.833 bits per heavy atom. The average Bonchev–Trinajstić information content (AvgIpc) is 2.40. The third-order valence-corrected chi connectivity index (χ3v) is 4.74. The molecule has 0 aliphatic heterocycles. The number of rotatable bonds is 4. The molecule has 0 amide bonds. The normalized spacial score (nSPS) is 11.0. The van der Waals surface area contributed by atoms with Gasteiger partial charge in [-0.05, 0) is 11.1 Å². The van der Waals surface area contributed by atoms with Gasteiger partial charge in [0.15, 0.2) is 0 Å². The highest BCUT2D eigenvalue weighted by molar-refractivity contribution is 8.28. The highest BCUT2D eigenvalue weighted by atomic mass is 32.2. The molecule has 0 saturated heterocycles. The Labute approximate surface area is 110 Å². The maximum absolute atomic E-state index is 11.3. The highest BCUT2D eigenvalue weighted by Gasteiger charge is 2.13. The van der Waals surface area contributed by atoms with Crippen LogP contribution in [0.15, 0.2) is 60.7 Å². The molecule has 18 heavy (non-hydrogen) atoms. The van der Waals surface area contributed by atoms with Crippen LogP contribution in [0.3, 0.4) is 0 Å². The van der Waals surface area contributed by atoms with Gasteiger partial charge in [-0.25, -0.2) is 4.79 Å². The van der Waals surface area contributed by atoms with E-state index in [4.69, 9.17) is 0 Å². The van der Waals surface area contributed by atoms with E-state index in [0.717, 1.165) is 11.1 Å². The predicted octanol–water partition coefficient (Wildman–Crippen LogP) is 4.07. The molecule has 0 aliphatic carbocycles. The predicted molar refractivity (Wildman–Crippen MR) is 77.3 cm³/mol. The van der Waals surface area contributed by atoms with Crippen molar-refractivity contribution in [1.82, 2.24) is 0 Å². The molecule has 0 heterocycles. The van der Waals surface area contributed by atoms with E-state index in [2.05, 4.69) is 0 Å². The molecule has 0 aliphatic rings. The zero-order valence-electron chi connectivity index (χ0n) is 9.99. The molecule has 0 radical (unpaired) electrons. The Hall–Kier alpha value is -1.74. The zero-order valence-corrected chi connectivity index (χ0v) is 10.9. The number of thiol groups is 1. The molecule has 2 aromatic carbocycles. The van der Waals surface area contributed by atoms with E-state index in [-0.39, 0.29) is 0 Å². The first-order chi connectivity index (χ1) is 8.75. The van der Waals surface area contributed by atoms with Gasteiger partial charge in [0.2, 0.25) is 0 Å². The van der Waals surface area contributed by atoms with E-state index in [0.29, 0.717) is 11.5 Å². The average molecular weight is 260 g/mol. The summed E-state index contributed by atoms with van der Waals surface area (Å²) in [6, 6.07) is 19.7. The lowest BCUT2D eigenvalue weighted by molar-refractivity contribution is 0.221. The second-order valence-electron chi connectivity index (χ2n) is 4.11. The first kappa shape index (κ1) is 12.7. The minimum atomic E-state index is -1.06. The third-order valence-electron chi connectivity index (χ3n) is 2.70. The van der Waals surface area contributed by atoms with Crippen LogP contribution in [0.4, 0.5) is 4.79 Å². The molecule has 94 valence electrons. The van der Waals surface area contributed by atoms with Crippen molar-refractivity contribution in [3.05, 3.63) is 71.8 Å². The molecule has 0 spiro atoms. The number of hydrogen-bond donors (Lipinski definition) is 2. The largest absolute Gasteiger partial charge is 0.474 e. The Morgan fingerprint density at radius 2 is 1.22 bits per heavy atom. The smallest absolute Gasteiger partial charge is 0.345 e. The molecular formula is C15H16O2S. The lowest BCUT2D eigenvalue weighted by Crippen LogP contribution is -2.01. The maximum Gasteiger partial charge on any atom is 0.345 e. The number of carbonyl (C=O) groups is 1. The molecule has 2 nitrogen and oxygen atoms in total. The molecule has 0 fully saturated rings. The summed E-state index contributed by atoms with van der Waals surface area (Å²) in [6.45, 7) is 0. The summed E-state index contributed by atoms with van der Waals surface area (Å²) >= 11 is 0. The molecule has 0 saturated carbocycles. The van der Waals surface area contributed by atoms with Gasteiger partial charge in [0.25, 0.3) is 0 Å². The fraction of sp³-hybridized carbons (Fsp3) is 0.133. The second kappa shape index (κ2) is 6.26. The van der Waals surface area contributed by atoms with Crippen LogP contribution in [0.2, 0.25) is 0 Å². The molecule has 0 bridgehead atoms. The van der Waals surface area contributed by atoms with Crippen molar-refractivity contribution in [3.63, 3.8) is 0 Å². The van der Waals surface area contributed by atoms with Crippen LogP contribution in [-0.4, -0.2) is 10.4 Å². The van der Waals surface area contributed by atoms with E-state index < -0.39 is 16.2 Å². The van der Waals surface area contributed by atoms with Crippen molar-refractivity contribution >= 4 is 16.2 Å². The van der Waals surface area contributed by atoms with Crippen LogP contribution in [0.5, 0.6) is 0 Å². The molecule has 0 aromatic heterocycles. The second-order valence-corrected chi connectivity index (χ2v) is 6.20. The summed E-state index contributed by atoms with van der Waals surface area (Å²) in [7, 11) is -1.06. The van der Waals surface area contributed by atoms with E-state index in [1.54, 1.807) is 0 Å². The monoisotopic (exact) mass is 260 g/mol. The molecule has 2 rings (SSSR count). The van der Waals surface area contributed by atoms with Gasteiger partial charge >= 0.3 is 5.30 Å². The Kier molecular flexibility index (Phi) is 4.42. The Bertz CT molecular complexity index is 455. The van der Waals surface area contributed by atoms with E-state index in [1.807, 2.05) is 60.7 Å². The first-order valence-corrected chi connectivity index (χ1v) is 7.52. The van der Waals surface area contributed by atoms with E-state index >= 15 is 0 Å². The Balaban J connectivity index is 2.08.